The molecule has 154 valence electrons. The predicted octanol–water partition coefficient (Wildman–Crippen LogP) is 5.19. The van der Waals surface area contributed by atoms with E-state index in [4.69, 9.17) is 0 Å². The molecule has 4 heteroatoms. The Hall–Kier alpha value is -2.98. The quantitative estimate of drug-likeness (QED) is 0.657. The van der Waals surface area contributed by atoms with Crippen LogP contribution in [-0.4, -0.2) is 22.3 Å². The van der Waals surface area contributed by atoms with E-state index in [-0.39, 0.29) is 11.3 Å². The van der Waals surface area contributed by atoms with E-state index in [0.717, 1.165) is 37.3 Å². The second kappa shape index (κ2) is 8.41. The van der Waals surface area contributed by atoms with Gasteiger partial charge in [0.15, 0.2) is 0 Å². The normalized spacial score (nSPS) is 14.2. The third kappa shape index (κ3) is 4.60. The third-order valence-electron chi connectivity index (χ3n) is 5.75. The lowest BCUT2D eigenvalue weighted by Crippen LogP contribution is -2.31. The van der Waals surface area contributed by atoms with Gasteiger partial charge in [0, 0.05) is 43.3 Å². The fraction of sp³-hybridized carbons (Fsp3) is 0.308. The molecule has 0 bridgehead atoms. The molecule has 1 aliphatic heterocycles. The van der Waals surface area contributed by atoms with E-state index in [1.54, 1.807) is 0 Å². The minimum atomic E-state index is -0.0297. The molecule has 0 saturated carbocycles. The number of carbonyl (C=O) groups excluding carboxylic acids is 1. The number of fused-ring (bicyclic) bond motifs is 1. The molecule has 0 fully saturated rings. The maximum Gasteiger partial charge on any atom is 0.255 e. The van der Waals surface area contributed by atoms with Gasteiger partial charge in [-0.05, 0) is 64.4 Å². The van der Waals surface area contributed by atoms with Crippen LogP contribution in [0.3, 0.4) is 0 Å². The van der Waals surface area contributed by atoms with Gasteiger partial charge in [-0.1, -0.05) is 45.0 Å². The zero-order valence-corrected chi connectivity index (χ0v) is 18.0. The first-order valence-electron chi connectivity index (χ1n) is 10.5. The molecule has 0 saturated heterocycles. The second-order valence-corrected chi connectivity index (χ2v) is 9.04. The Morgan fingerprint density at radius 1 is 1.03 bits per heavy atom. The summed E-state index contributed by atoms with van der Waals surface area (Å²) >= 11 is 0. The van der Waals surface area contributed by atoms with Crippen molar-refractivity contribution in [1.29, 1.82) is 0 Å². The predicted molar refractivity (Wildman–Crippen MR) is 122 cm³/mol. The highest BCUT2D eigenvalue weighted by Gasteiger charge is 2.22. The summed E-state index contributed by atoms with van der Waals surface area (Å²) < 4.78 is 0. The lowest BCUT2D eigenvalue weighted by Gasteiger charge is -2.30. The number of anilines is 1. The molecule has 0 radical (unpaired) electrons. The standard InChI is InChI=1S/C26H29N3O/c1-26(2,3)21-7-9-22(10-8-21)28-25(30)24-6-4-5-20-18-29(16-13-23(20)24)17-19-11-14-27-15-12-19/h4-12,14-15H,13,16-18H2,1-3H3,(H,28,30). The Morgan fingerprint density at radius 3 is 2.47 bits per heavy atom. The van der Waals surface area contributed by atoms with Crippen molar-refractivity contribution in [1.82, 2.24) is 9.88 Å². The van der Waals surface area contributed by atoms with E-state index in [1.165, 1.54) is 22.3 Å². The van der Waals surface area contributed by atoms with Crippen molar-refractivity contribution < 1.29 is 4.79 Å². The molecule has 0 aliphatic carbocycles. The van der Waals surface area contributed by atoms with Crippen molar-refractivity contribution >= 4 is 11.6 Å². The Morgan fingerprint density at radius 2 is 1.77 bits per heavy atom. The molecule has 3 aromatic rings. The highest BCUT2D eigenvalue weighted by molar-refractivity contribution is 6.05. The molecular formula is C26H29N3O. The number of rotatable bonds is 4. The van der Waals surface area contributed by atoms with E-state index < -0.39 is 0 Å². The van der Waals surface area contributed by atoms with Crippen molar-refractivity contribution in [2.75, 3.05) is 11.9 Å². The summed E-state index contributed by atoms with van der Waals surface area (Å²) in [7, 11) is 0. The molecule has 4 nitrogen and oxygen atoms in total. The highest BCUT2D eigenvalue weighted by Crippen LogP contribution is 2.26. The lowest BCUT2D eigenvalue weighted by atomic mass is 9.87. The molecule has 0 atom stereocenters. The summed E-state index contributed by atoms with van der Waals surface area (Å²) in [6, 6.07) is 18.4. The number of nitrogens with one attached hydrogen (secondary N) is 1. The molecule has 1 amide bonds. The molecule has 1 aromatic heterocycles. The lowest BCUT2D eigenvalue weighted by molar-refractivity contribution is 0.102. The van der Waals surface area contributed by atoms with Gasteiger partial charge in [0.25, 0.3) is 5.91 Å². The van der Waals surface area contributed by atoms with Gasteiger partial charge in [-0.2, -0.15) is 0 Å². The summed E-state index contributed by atoms with van der Waals surface area (Å²) in [6.07, 6.45) is 4.56. The first-order valence-corrected chi connectivity index (χ1v) is 10.5. The molecule has 0 spiro atoms. The van der Waals surface area contributed by atoms with Crippen molar-refractivity contribution in [3.05, 3.63) is 94.8 Å². The summed E-state index contributed by atoms with van der Waals surface area (Å²) in [5.41, 5.74) is 6.66. The molecule has 1 N–H and O–H groups in total. The van der Waals surface area contributed by atoms with E-state index in [1.807, 2.05) is 36.7 Å². The summed E-state index contributed by atoms with van der Waals surface area (Å²) in [6.45, 7) is 9.27. The number of aromatic nitrogens is 1. The second-order valence-electron chi connectivity index (χ2n) is 9.04. The van der Waals surface area contributed by atoms with Crippen LogP contribution < -0.4 is 5.32 Å². The smallest absolute Gasteiger partial charge is 0.255 e. The first-order chi connectivity index (χ1) is 14.4. The molecule has 4 rings (SSSR count). The number of amides is 1. The van der Waals surface area contributed by atoms with E-state index in [9.17, 15) is 4.79 Å². The number of hydrogen-bond donors (Lipinski definition) is 1. The van der Waals surface area contributed by atoms with Crippen molar-refractivity contribution in [3.63, 3.8) is 0 Å². The van der Waals surface area contributed by atoms with Crippen LogP contribution >= 0.6 is 0 Å². The maximum atomic E-state index is 13.0. The van der Waals surface area contributed by atoms with Crippen LogP contribution in [0.2, 0.25) is 0 Å². The molecule has 0 unspecified atom stereocenters. The Balaban J connectivity index is 1.47. The van der Waals surface area contributed by atoms with Gasteiger partial charge in [-0.3, -0.25) is 14.7 Å². The summed E-state index contributed by atoms with van der Waals surface area (Å²) in [4.78, 5) is 19.5. The van der Waals surface area contributed by atoms with Gasteiger partial charge in [0.1, 0.15) is 0 Å². The van der Waals surface area contributed by atoms with Crippen LogP contribution in [0.15, 0.2) is 67.0 Å². The number of hydrogen-bond acceptors (Lipinski definition) is 3. The van der Waals surface area contributed by atoms with Gasteiger partial charge >= 0.3 is 0 Å². The van der Waals surface area contributed by atoms with Crippen LogP contribution in [0.1, 0.15) is 53.4 Å². The number of pyridine rings is 1. The number of benzene rings is 2. The van der Waals surface area contributed by atoms with E-state index >= 15 is 0 Å². The minimum absolute atomic E-state index is 0.0297. The van der Waals surface area contributed by atoms with Crippen LogP contribution in [0, 0.1) is 0 Å². The molecule has 2 aromatic carbocycles. The molecule has 30 heavy (non-hydrogen) atoms. The monoisotopic (exact) mass is 399 g/mol. The Kier molecular flexibility index (Phi) is 5.69. The zero-order valence-electron chi connectivity index (χ0n) is 18.0. The van der Waals surface area contributed by atoms with Crippen molar-refractivity contribution in [2.45, 2.75) is 45.7 Å². The van der Waals surface area contributed by atoms with Crippen LogP contribution in [0.25, 0.3) is 0 Å². The fourth-order valence-electron chi connectivity index (χ4n) is 4.01. The van der Waals surface area contributed by atoms with Crippen molar-refractivity contribution in [3.8, 4) is 0 Å². The Bertz CT molecular complexity index is 1020. The largest absolute Gasteiger partial charge is 0.322 e. The molecular weight excluding hydrogens is 370 g/mol. The van der Waals surface area contributed by atoms with Crippen LogP contribution in [0.5, 0.6) is 0 Å². The van der Waals surface area contributed by atoms with Crippen LogP contribution in [0.4, 0.5) is 5.69 Å². The average molecular weight is 400 g/mol. The van der Waals surface area contributed by atoms with Gasteiger partial charge in [0.05, 0.1) is 0 Å². The average Bonchev–Trinajstić information content (AvgIpc) is 2.73. The van der Waals surface area contributed by atoms with Gasteiger partial charge in [0.2, 0.25) is 0 Å². The number of carbonyl (C=O) groups is 1. The zero-order chi connectivity index (χ0) is 21.1. The summed E-state index contributed by atoms with van der Waals surface area (Å²) in [5.74, 6) is -0.0297. The van der Waals surface area contributed by atoms with Crippen molar-refractivity contribution in [2.24, 2.45) is 0 Å². The highest BCUT2D eigenvalue weighted by atomic mass is 16.1. The fourth-order valence-corrected chi connectivity index (χ4v) is 4.01. The van der Waals surface area contributed by atoms with Gasteiger partial charge < -0.3 is 5.32 Å². The Labute approximate surface area is 179 Å². The van der Waals surface area contributed by atoms with E-state index in [2.05, 4.69) is 66.3 Å². The van der Waals surface area contributed by atoms with Crippen LogP contribution in [-0.2, 0) is 24.9 Å². The number of nitrogens with zero attached hydrogens (tertiary/aromatic N) is 2. The SMILES string of the molecule is CC(C)(C)c1ccc(NC(=O)c2cccc3c2CCN(Cc2ccncc2)C3)cc1. The first kappa shape index (κ1) is 20.3. The van der Waals surface area contributed by atoms with Gasteiger partial charge in [-0.15, -0.1) is 0 Å². The van der Waals surface area contributed by atoms with E-state index in [0.29, 0.717) is 0 Å². The molecule has 1 aliphatic rings. The minimum Gasteiger partial charge on any atom is -0.322 e. The maximum absolute atomic E-state index is 13.0. The summed E-state index contributed by atoms with van der Waals surface area (Å²) in [5, 5.41) is 3.08. The molecule has 2 heterocycles. The third-order valence-corrected chi connectivity index (χ3v) is 5.75. The topological polar surface area (TPSA) is 45.2 Å². The van der Waals surface area contributed by atoms with Gasteiger partial charge in [-0.25, -0.2) is 0 Å².